The normalized spacial score (nSPS) is 13.7. The molecule has 1 atom stereocenters. The van der Waals surface area contributed by atoms with Crippen LogP contribution in [0.2, 0.25) is 0 Å². The van der Waals surface area contributed by atoms with Crippen LogP contribution in [0.15, 0.2) is 65.8 Å². The summed E-state index contributed by atoms with van der Waals surface area (Å²) in [6.45, 7) is 1.08. The maximum Gasteiger partial charge on any atom is 0.337 e. The van der Waals surface area contributed by atoms with E-state index in [1.807, 2.05) is 6.07 Å². The second kappa shape index (κ2) is 10.4. The van der Waals surface area contributed by atoms with Crippen LogP contribution in [0.3, 0.4) is 0 Å². The summed E-state index contributed by atoms with van der Waals surface area (Å²) in [5.74, 6) is -0.0862. The fourth-order valence-corrected chi connectivity index (χ4v) is 5.56. The second-order valence-electron chi connectivity index (χ2n) is 8.40. The Morgan fingerprint density at radius 2 is 1.83 bits per heavy atom. The van der Waals surface area contributed by atoms with E-state index >= 15 is 0 Å². The van der Waals surface area contributed by atoms with Gasteiger partial charge in [-0.3, -0.25) is 4.31 Å². The van der Waals surface area contributed by atoms with Gasteiger partial charge in [-0.15, -0.1) is 0 Å². The van der Waals surface area contributed by atoms with Gasteiger partial charge in [0.2, 0.25) is 0 Å². The summed E-state index contributed by atoms with van der Waals surface area (Å²) in [6.07, 6.45) is 2.62. The van der Waals surface area contributed by atoms with Gasteiger partial charge < -0.3 is 9.47 Å². The lowest BCUT2D eigenvalue weighted by atomic mass is 10.1. The minimum Gasteiger partial charge on any atom is -0.487 e. The van der Waals surface area contributed by atoms with Gasteiger partial charge in [-0.1, -0.05) is 18.2 Å². The molecule has 4 rings (SSSR count). The van der Waals surface area contributed by atoms with Gasteiger partial charge in [0, 0.05) is 6.20 Å². The van der Waals surface area contributed by atoms with E-state index in [1.165, 1.54) is 26.3 Å². The van der Waals surface area contributed by atoms with Crippen molar-refractivity contribution in [1.29, 1.82) is 0 Å². The molecule has 9 heteroatoms. The fourth-order valence-electron chi connectivity index (χ4n) is 4.08. The van der Waals surface area contributed by atoms with Crippen molar-refractivity contribution >= 4 is 21.7 Å². The van der Waals surface area contributed by atoms with Crippen LogP contribution in [-0.4, -0.2) is 39.2 Å². The molecule has 2 aromatic carbocycles. The lowest BCUT2D eigenvalue weighted by Crippen LogP contribution is -2.36. The van der Waals surface area contributed by atoms with Crippen molar-refractivity contribution in [3.05, 3.63) is 83.0 Å². The Balaban J connectivity index is 1.71. The monoisotopic (exact) mass is 498 g/mol. The zero-order valence-electron chi connectivity index (χ0n) is 19.6. The number of nitrogens with zero attached hydrogens (tertiary/aromatic N) is 2. The number of carbonyl (C=O) groups excluding carboxylic acids is 1. The maximum absolute atomic E-state index is 14.3. The zero-order chi connectivity index (χ0) is 25.0. The topological polar surface area (TPSA) is 85.8 Å². The van der Waals surface area contributed by atoms with Crippen molar-refractivity contribution in [2.24, 2.45) is 0 Å². The van der Waals surface area contributed by atoms with Crippen LogP contribution in [0, 0.1) is 0 Å². The molecule has 1 aliphatic carbocycles. The van der Waals surface area contributed by atoms with E-state index in [0.717, 1.165) is 40.3 Å². The number of sulfonamides is 1. The number of methoxy groups -OCH3 is 1. The second-order valence-corrected chi connectivity index (χ2v) is 10.2. The van der Waals surface area contributed by atoms with Crippen LogP contribution in [0.4, 0.5) is 10.1 Å². The molecule has 0 saturated carbocycles. The average Bonchev–Trinajstić information content (AvgIpc) is 3.33. The highest BCUT2D eigenvalue weighted by atomic mass is 32.2. The number of hydrogen-bond acceptors (Lipinski definition) is 6. The number of halogens is 1. The number of hydrogen-bond donors (Lipinski definition) is 0. The van der Waals surface area contributed by atoms with Crippen LogP contribution in [-0.2, 0) is 34.2 Å². The van der Waals surface area contributed by atoms with E-state index in [-0.39, 0.29) is 23.9 Å². The summed E-state index contributed by atoms with van der Waals surface area (Å²) in [6, 6.07) is 15.0. The van der Waals surface area contributed by atoms with Gasteiger partial charge >= 0.3 is 5.97 Å². The van der Waals surface area contributed by atoms with Crippen molar-refractivity contribution in [3.8, 4) is 5.75 Å². The molecule has 1 aromatic heterocycles. The predicted molar refractivity (Wildman–Crippen MR) is 130 cm³/mol. The van der Waals surface area contributed by atoms with Gasteiger partial charge in [0.1, 0.15) is 18.5 Å². The van der Waals surface area contributed by atoms with E-state index < -0.39 is 22.2 Å². The minimum absolute atomic E-state index is 0.135. The smallest absolute Gasteiger partial charge is 0.337 e. The molecular weight excluding hydrogens is 471 g/mol. The maximum atomic E-state index is 14.3. The molecule has 0 saturated heterocycles. The summed E-state index contributed by atoms with van der Waals surface area (Å²) in [7, 11) is -2.82. The number of anilines is 1. The molecule has 7 nitrogen and oxygen atoms in total. The van der Waals surface area contributed by atoms with Crippen molar-refractivity contribution in [2.45, 2.75) is 44.0 Å². The molecule has 1 aliphatic rings. The number of aryl methyl sites for hydroxylation is 2. The average molecular weight is 499 g/mol. The van der Waals surface area contributed by atoms with Gasteiger partial charge in [-0.25, -0.2) is 14.2 Å². The number of benzene rings is 2. The van der Waals surface area contributed by atoms with Crippen molar-refractivity contribution in [2.75, 3.05) is 18.0 Å². The lowest BCUT2D eigenvalue weighted by molar-refractivity contribution is 0.0600. The van der Waals surface area contributed by atoms with Crippen LogP contribution in [0.1, 0.15) is 40.4 Å². The Morgan fingerprint density at radius 1 is 1.11 bits per heavy atom. The van der Waals surface area contributed by atoms with Gasteiger partial charge in [0.15, 0.2) is 5.03 Å². The number of rotatable bonds is 9. The molecular formula is C26H27FN2O5S. The molecule has 1 heterocycles. The number of esters is 1. The van der Waals surface area contributed by atoms with Crippen LogP contribution in [0.5, 0.6) is 5.75 Å². The molecule has 0 spiro atoms. The highest BCUT2D eigenvalue weighted by Gasteiger charge is 2.31. The Morgan fingerprint density at radius 3 is 2.46 bits per heavy atom. The van der Waals surface area contributed by atoms with Crippen molar-refractivity contribution in [3.63, 3.8) is 0 Å². The Kier molecular flexibility index (Phi) is 7.35. The molecule has 0 bridgehead atoms. The fraction of sp³-hybridized carbons (Fsp3) is 0.308. The quantitative estimate of drug-likeness (QED) is 0.404. The third-order valence-electron chi connectivity index (χ3n) is 5.82. The first kappa shape index (κ1) is 24.7. The van der Waals surface area contributed by atoms with Crippen molar-refractivity contribution < 1.29 is 27.1 Å². The lowest BCUT2D eigenvalue weighted by Gasteiger charge is -2.27. The van der Waals surface area contributed by atoms with E-state index in [0.29, 0.717) is 11.3 Å². The van der Waals surface area contributed by atoms with E-state index in [1.54, 1.807) is 42.5 Å². The standard InChI is InChI=1S/C26H27FN2O5S/c1-18(27)16-29(35(31,32)25-8-3-4-13-28-25)23-14-21-6-5-7-22(21)15-24(23)34-17-19-9-11-20(12-10-19)26(30)33-2/h3-4,8-15,18H,5-7,16-17H2,1-2H3. The Hall–Kier alpha value is -3.46. The zero-order valence-corrected chi connectivity index (χ0v) is 20.4. The van der Waals surface area contributed by atoms with Gasteiger partial charge in [-0.2, -0.15) is 8.42 Å². The molecule has 0 radical (unpaired) electrons. The summed E-state index contributed by atoms with van der Waals surface area (Å²) >= 11 is 0. The van der Waals surface area contributed by atoms with Gasteiger partial charge in [0.25, 0.3) is 10.0 Å². The third kappa shape index (κ3) is 5.45. The highest BCUT2D eigenvalue weighted by Crippen LogP contribution is 2.38. The molecule has 0 aliphatic heterocycles. The van der Waals surface area contributed by atoms with Crippen LogP contribution in [0.25, 0.3) is 0 Å². The number of aromatic nitrogens is 1. The molecule has 35 heavy (non-hydrogen) atoms. The molecule has 1 unspecified atom stereocenters. The largest absolute Gasteiger partial charge is 0.487 e. The number of fused-ring (bicyclic) bond motifs is 1. The number of alkyl halides is 1. The molecule has 0 fully saturated rings. The molecule has 0 N–H and O–H groups in total. The first-order valence-electron chi connectivity index (χ1n) is 11.3. The first-order valence-corrected chi connectivity index (χ1v) is 12.8. The minimum atomic E-state index is -4.14. The molecule has 3 aromatic rings. The third-order valence-corrected chi connectivity index (χ3v) is 7.52. The number of pyridine rings is 1. The van der Waals surface area contributed by atoms with Gasteiger partial charge in [0.05, 0.1) is 24.9 Å². The summed E-state index contributed by atoms with van der Waals surface area (Å²) in [5.41, 5.74) is 3.60. The number of carbonyl (C=O) groups is 1. The van der Waals surface area contributed by atoms with Crippen molar-refractivity contribution in [1.82, 2.24) is 4.98 Å². The molecule has 0 amide bonds. The summed E-state index contributed by atoms with van der Waals surface area (Å²) in [4.78, 5) is 15.7. The summed E-state index contributed by atoms with van der Waals surface area (Å²) in [5, 5.41) is -0.162. The SMILES string of the molecule is COC(=O)c1ccc(COc2cc3c(cc2N(CC(C)F)S(=O)(=O)c2ccccn2)CCC3)cc1. The van der Waals surface area contributed by atoms with E-state index in [4.69, 9.17) is 9.47 Å². The Labute approximate surface area is 204 Å². The molecule has 184 valence electrons. The van der Waals surface area contributed by atoms with Crippen LogP contribution >= 0.6 is 0 Å². The Bertz CT molecular complexity index is 1300. The van der Waals surface area contributed by atoms with E-state index in [9.17, 15) is 17.6 Å². The van der Waals surface area contributed by atoms with E-state index in [2.05, 4.69) is 4.98 Å². The first-order chi connectivity index (χ1) is 16.8. The van der Waals surface area contributed by atoms with Gasteiger partial charge in [-0.05, 0) is 79.3 Å². The predicted octanol–water partition coefficient (Wildman–Crippen LogP) is 4.49. The number of ether oxygens (including phenoxy) is 2. The summed E-state index contributed by atoms with van der Waals surface area (Å²) < 4.78 is 53.2. The van der Waals surface area contributed by atoms with Crippen LogP contribution < -0.4 is 9.04 Å². The highest BCUT2D eigenvalue weighted by molar-refractivity contribution is 7.92.